The topological polar surface area (TPSA) is 337 Å². The van der Waals surface area contributed by atoms with Crippen LogP contribution in [0.5, 0.6) is 0 Å². The van der Waals surface area contributed by atoms with Crippen LogP contribution in [0.4, 0.5) is 11.4 Å². The summed E-state index contributed by atoms with van der Waals surface area (Å²) in [6.07, 6.45) is 13.1. The molecule has 2 aliphatic rings. The van der Waals surface area contributed by atoms with Gasteiger partial charge in [-0.15, -0.1) is 0 Å². The van der Waals surface area contributed by atoms with Crippen molar-refractivity contribution in [2.75, 3.05) is 57.7 Å². The normalized spacial score (nSPS) is 18.0. The molecule has 0 aromatic heterocycles. The van der Waals surface area contributed by atoms with Crippen molar-refractivity contribution in [3.8, 4) is 0 Å². The van der Waals surface area contributed by atoms with Gasteiger partial charge >= 0.3 is 5.97 Å². The summed E-state index contributed by atoms with van der Waals surface area (Å²) < 4.78 is 190. The second kappa shape index (κ2) is 22.8. The first kappa shape index (κ1) is 59.0. The Labute approximate surface area is 437 Å². The van der Waals surface area contributed by atoms with E-state index >= 15 is 0 Å². The molecule has 0 aliphatic carbocycles. The number of benzene rings is 4. The lowest BCUT2D eigenvalue weighted by Gasteiger charge is -2.31. The molecule has 0 fully saturated rings. The Morgan fingerprint density at radius 1 is 0.693 bits per heavy atom. The van der Waals surface area contributed by atoms with Gasteiger partial charge in [0.25, 0.3) is 0 Å². The molecule has 26 heteroatoms. The standard InChI is InChI=1S/C49H59N3O18S5/c1-48(2)43(51(24-13-9-12-17-45(53)54)39-20-18-35-37(46(39)48)29-33(31-41(35)74(63,64)65)72(58,59)50-23-26-69-4)15-10-7-6-8-11-16-44-49(3,22-14-28-71(55,56)57)47-38-30-34(73(60,61)62)32-42(75(66,67)68)36(38)19-21-40(47)52(44)25-27-70-5/h6-8,10-11,15-16,18-21,29-32,50H,9,12-14,17,22-28H2,1-5H3,(H4-,53,54,55,56,57,60,61,62,63,64,65,66,67,68)/p-3. The Morgan fingerprint density at radius 2 is 1.28 bits per heavy atom. The van der Waals surface area contributed by atoms with Crippen molar-refractivity contribution in [1.82, 2.24) is 4.72 Å². The molecular formula is C49H56N3O18S5-3. The minimum absolute atomic E-state index is 0.0156. The molecule has 408 valence electrons. The third-order valence-electron chi connectivity index (χ3n) is 13.2. The summed E-state index contributed by atoms with van der Waals surface area (Å²) in [5.74, 6) is -1.72. The predicted octanol–water partition coefficient (Wildman–Crippen LogP) is 4.95. The number of allylic oxidation sites excluding steroid dienone is 8. The van der Waals surface area contributed by atoms with Crippen LogP contribution in [0.1, 0.15) is 70.4 Å². The first-order chi connectivity index (χ1) is 34.9. The van der Waals surface area contributed by atoms with E-state index in [2.05, 4.69) is 4.72 Å². The molecule has 1 unspecified atom stereocenters. The van der Waals surface area contributed by atoms with E-state index in [1.165, 1.54) is 38.5 Å². The number of carbonyl (C=O) groups is 1. The highest BCUT2D eigenvalue weighted by Crippen LogP contribution is 2.54. The highest BCUT2D eigenvalue weighted by molar-refractivity contribution is 7.89. The zero-order chi connectivity index (χ0) is 55.5. The zero-order valence-corrected chi connectivity index (χ0v) is 45.6. The van der Waals surface area contributed by atoms with Gasteiger partial charge in [0.15, 0.2) is 5.71 Å². The number of nitrogens with one attached hydrogen (secondary N) is 1. The average molecular weight is 1140 g/mol. The smallest absolute Gasteiger partial charge is 0.303 e. The highest BCUT2D eigenvalue weighted by atomic mass is 32.2. The second-order valence-electron chi connectivity index (χ2n) is 18.6. The van der Waals surface area contributed by atoms with Crippen molar-refractivity contribution in [2.24, 2.45) is 0 Å². The van der Waals surface area contributed by atoms with Gasteiger partial charge in [-0.05, 0) is 111 Å². The Bertz CT molecular complexity index is 3660. The van der Waals surface area contributed by atoms with Gasteiger partial charge in [0, 0.05) is 85.8 Å². The molecule has 0 bridgehead atoms. The van der Waals surface area contributed by atoms with Crippen LogP contribution in [0.25, 0.3) is 21.5 Å². The van der Waals surface area contributed by atoms with Crippen LogP contribution in [0.2, 0.25) is 0 Å². The number of fused-ring (bicyclic) bond motifs is 6. The van der Waals surface area contributed by atoms with Crippen molar-refractivity contribution < 1.29 is 84.3 Å². The average Bonchev–Trinajstić information content (AvgIpc) is 3.67. The molecule has 0 saturated carbocycles. The molecule has 0 radical (unpaired) electrons. The number of methoxy groups -OCH3 is 2. The maximum absolute atomic E-state index is 13.5. The summed E-state index contributed by atoms with van der Waals surface area (Å²) in [6, 6.07) is 9.57. The van der Waals surface area contributed by atoms with E-state index in [0.717, 1.165) is 12.1 Å². The van der Waals surface area contributed by atoms with E-state index in [-0.39, 0.29) is 72.7 Å². The van der Waals surface area contributed by atoms with E-state index in [9.17, 15) is 70.2 Å². The first-order valence-corrected chi connectivity index (χ1v) is 30.5. The lowest BCUT2D eigenvalue weighted by Crippen LogP contribution is -2.31. The number of unbranched alkanes of at least 4 members (excludes halogenated alkanes) is 2. The largest absolute Gasteiger partial charge is 0.748 e. The summed E-state index contributed by atoms with van der Waals surface area (Å²) in [5.41, 5.74) is 0.722. The Hall–Kier alpha value is -5.23. The summed E-state index contributed by atoms with van der Waals surface area (Å²) in [7, 11) is -22.1. The number of carboxylic acids is 1. The molecule has 2 heterocycles. The molecule has 6 rings (SSSR count). The van der Waals surface area contributed by atoms with Crippen LogP contribution in [0.3, 0.4) is 0 Å². The summed E-state index contributed by atoms with van der Waals surface area (Å²) >= 11 is 0. The maximum atomic E-state index is 13.5. The fraction of sp³-hybridized carbons (Fsp3) is 0.388. The Kier molecular flexibility index (Phi) is 17.9. The molecule has 21 nitrogen and oxygen atoms in total. The van der Waals surface area contributed by atoms with Crippen molar-refractivity contribution in [2.45, 2.75) is 89.7 Å². The van der Waals surface area contributed by atoms with E-state index in [0.29, 0.717) is 60.2 Å². The van der Waals surface area contributed by atoms with E-state index < -0.39 is 92.6 Å². The number of rotatable bonds is 25. The van der Waals surface area contributed by atoms with E-state index in [4.69, 9.17) is 9.47 Å². The molecule has 1 atom stereocenters. The number of hydrogen-bond donors (Lipinski definition) is 2. The van der Waals surface area contributed by atoms with Gasteiger partial charge in [-0.3, -0.25) is 4.79 Å². The maximum Gasteiger partial charge on any atom is 0.303 e. The number of ether oxygens (including phenoxy) is 2. The molecule has 75 heavy (non-hydrogen) atoms. The van der Waals surface area contributed by atoms with Gasteiger partial charge in [0.05, 0.1) is 48.3 Å². The number of anilines is 1. The number of hydrogen-bond acceptors (Lipinski definition) is 18. The van der Waals surface area contributed by atoms with Gasteiger partial charge in [-0.25, -0.2) is 46.8 Å². The van der Waals surface area contributed by atoms with Crippen LogP contribution >= 0.6 is 0 Å². The number of sulfonamides is 1. The van der Waals surface area contributed by atoms with Crippen molar-refractivity contribution in [3.63, 3.8) is 0 Å². The SMILES string of the molecule is COCCNS(=O)(=O)c1cc(S(=O)(=O)[O-])c2ccc3c(c2c1)C(C)(C)C(/C=C/C=C/C=C/C=C1/N(CCOC)c2ccc4c(S(=O)(=O)[O-])cc(S(=O)(=O)[O-])cc4c2C1(C)CCCS(=O)(=O)[O-])=[N+]3CCCCCC(=O)O. The molecule has 4 aromatic carbocycles. The number of nitrogens with zero attached hydrogens (tertiary/aromatic N) is 2. The molecule has 0 spiro atoms. The van der Waals surface area contributed by atoms with Gasteiger partial charge in [0.1, 0.15) is 36.9 Å². The Morgan fingerprint density at radius 3 is 1.88 bits per heavy atom. The molecule has 0 amide bonds. The Balaban J connectivity index is 1.44. The van der Waals surface area contributed by atoms with Crippen LogP contribution in [-0.4, -0.2) is 134 Å². The van der Waals surface area contributed by atoms with E-state index in [1.807, 2.05) is 24.5 Å². The highest BCUT2D eigenvalue weighted by Gasteiger charge is 2.47. The zero-order valence-electron chi connectivity index (χ0n) is 41.5. The third-order valence-corrected chi connectivity index (χ3v) is 18.0. The quantitative estimate of drug-likeness (QED) is 0.0383. The van der Waals surface area contributed by atoms with Gasteiger partial charge in [-0.1, -0.05) is 36.4 Å². The lowest BCUT2D eigenvalue weighted by atomic mass is 9.75. The summed E-state index contributed by atoms with van der Waals surface area (Å²) in [4.78, 5) is 9.95. The molecule has 4 aromatic rings. The lowest BCUT2D eigenvalue weighted by molar-refractivity contribution is -0.438. The summed E-state index contributed by atoms with van der Waals surface area (Å²) in [5, 5.41) is 9.20. The number of aliphatic carboxylic acids is 1. The second-order valence-corrected chi connectivity index (χ2v) is 26.0. The minimum Gasteiger partial charge on any atom is -0.748 e. The third kappa shape index (κ3) is 13.1. The van der Waals surface area contributed by atoms with Gasteiger partial charge < -0.3 is 37.7 Å². The van der Waals surface area contributed by atoms with Crippen molar-refractivity contribution in [3.05, 3.63) is 108 Å². The van der Waals surface area contributed by atoms with E-state index in [1.54, 1.807) is 54.3 Å². The van der Waals surface area contributed by atoms with Crippen LogP contribution in [0.15, 0.2) is 116 Å². The summed E-state index contributed by atoms with van der Waals surface area (Å²) in [6.45, 7) is 5.94. The monoisotopic (exact) mass is 1130 g/mol. The molecular weight excluding hydrogens is 1080 g/mol. The van der Waals surface area contributed by atoms with Gasteiger partial charge in [-0.2, -0.15) is 4.58 Å². The first-order valence-electron chi connectivity index (χ1n) is 23.3. The van der Waals surface area contributed by atoms with Gasteiger partial charge in [0.2, 0.25) is 15.7 Å². The van der Waals surface area contributed by atoms with Crippen LogP contribution in [-0.2, 0) is 75.6 Å². The van der Waals surface area contributed by atoms with Crippen LogP contribution in [0, 0.1) is 0 Å². The molecule has 2 N–H and O–H groups in total. The fourth-order valence-corrected chi connectivity index (χ4v) is 13.6. The fourth-order valence-electron chi connectivity index (χ4n) is 9.94. The minimum atomic E-state index is -5.36. The van der Waals surface area contributed by atoms with Crippen molar-refractivity contribution in [1.29, 1.82) is 0 Å². The molecule has 2 aliphatic heterocycles. The van der Waals surface area contributed by atoms with Crippen molar-refractivity contribution >= 4 is 95.1 Å². The molecule has 0 saturated heterocycles. The van der Waals surface area contributed by atoms with Crippen LogP contribution < -0.4 is 9.62 Å². The predicted molar refractivity (Wildman–Crippen MR) is 274 cm³/mol. The number of carboxylic acid groups (broad SMARTS) is 1.